The summed E-state index contributed by atoms with van der Waals surface area (Å²) in [7, 11) is 0. The number of halogens is 3. The minimum atomic E-state index is -2.49. The van der Waals surface area contributed by atoms with Crippen molar-refractivity contribution in [3.8, 4) is 5.75 Å². The Labute approximate surface area is 113 Å². The molecule has 1 aromatic rings. The molecule has 0 unspecified atom stereocenters. The van der Waals surface area contributed by atoms with Crippen LogP contribution in [0.2, 0.25) is 0 Å². The van der Waals surface area contributed by atoms with Crippen LogP contribution in [0.15, 0.2) is 22.7 Å². The molecule has 0 radical (unpaired) electrons. The van der Waals surface area contributed by atoms with Gasteiger partial charge in [0.25, 0.3) is 6.43 Å². The molecule has 1 aromatic carbocycles. The van der Waals surface area contributed by atoms with Gasteiger partial charge in [0.05, 0.1) is 6.04 Å². The van der Waals surface area contributed by atoms with Gasteiger partial charge in [-0.2, -0.15) is 0 Å². The minimum Gasteiger partial charge on any atom is -0.508 e. The van der Waals surface area contributed by atoms with Crippen LogP contribution in [0.25, 0.3) is 0 Å². The summed E-state index contributed by atoms with van der Waals surface area (Å²) in [5.41, 5.74) is 0.437. The maximum Gasteiger partial charge on any atom is 0.258 e. The van der Waals surface area contributed by atoms with E-state index in [1.54, 1.807) is 11.0 Å². The Hall–Kier alpha value is -0.720. The smallest absolute Gasteiger partial charge is 0.258 e. The first-order chi connectivity index (χ1) is 8.59. The van der Waals surface area contributed by atoms with Gasteiger partial charge in [-0.15, -0.1) is 0 Å². The van der Waals surface area contributed by atoms with Crippen LogP contribution in [0.1, 0.15) is 11.6 Å². The summed E-state index contributed by atoms with van der Waals surface area (Å²) in [5, 5.41) is 12.6. The average molecular weight is 321 g/mol. The quantitative estimate of drug-likeness (QED) is 0.897. The van der Waals surface area contributed by atoms with Crippen molar-refractivity contribution in [1.29, 1.82) is 0 Å². The van der Waals surface area contributed by atoms with Gasteiger partial charge >= 0.3 is 0 Å². The Morgan fingerprint density at radius 3 is 2.56 bits per heavy atom. The van der Waals surface area contributed by atoms with E-state index in [1.165, 1.54) is 12.1 Å². The molecule has 0 saturated carbocycles. The monoisotopic (exact) mass is 320 g/mol. The first kappa shape index (κ1) is 13.7. The molecular formula is C12H15BrF2N2O. The topological polar surface area (TPSA) is 35.5 Å². The first-order valence-corrected chi connectivity index (χ1v) is 6.60. The van der Waals surface area contributed by atoms with Crippen LogP contribution in [0.3, 0.4) is 0 Å². The van der Waals surface area contributed by atoms with Gasteiger partial charge in [0, 0.05) is 30.7 Å². The lowest BCUT2D eigenvalue weighted by Crippen LogP contribution is -2.47. The number of phenolic OH excluding ortho intramolecular Hbond substituents is 1. The highest BCUT2D eigenvalue weighted by Gasteiger charge is 2.31. The van der Waals surface area contributed by atoms with Crippen molar-refractivity contribution in [1.82, 2.24) is 10.2 Å². The average Bonchev–Trinajstić information content (AvgIpc) is 2.35. The summed E-state index contributed by atoms with van der Waals surface area (Å²) in [6.45, 7) is 2.58. The van der Waals surface area contributed by atoms with E-state index in [9.17, 15) is 13.9 Å². The van der Waals surface area contributed by atoms with Crippen molar-refractivity contribution in [3.63, 3.8) is 0 Å². The molecule has 1 heterocycles. The maximum absolute atomic E-state index is 13.3. The number of aromatic hydroxyl groups is 1. The van der Waals surface area contributed by atoms with Crippen molar-refractivity contribution in [2.24, 2.45) is 0 Å². The first-order valence-electron chi connectivity index (χ1n) is 5.81. The molecule has 18 heavy (non-hydrogen) atoms. The van der Waals surface area contributed by atoms with Crippen molar-refractivity contribution >= 4 is 15.9 Å². The number of benzene rings is 1. The summed E-state index contributed by atoms with van der Waals surface area (Å²) in [6, 6.07) is 3.51. The number of nitrogens with zero attached hydrogens (tertiary/aromatic N) is 1. The standard InChI is InChI=1S/C12H15BrF2N2O/c13-10-2-1-8(18)7-9(10)11(12(14)15)17-5-3-16-4-6-17/h1-2,7,11-12,16,18H,3-6H2/t11-/m1/s1. The van der Waals surface area contributed by atoms with E-state index in [-0.39, 0.29) is 5.75 Å². The predicted molar refractivity (Wildman–Crippen MR) is 69.0 cm³/mol. The number of phenols is 1. The molecule has 3 nitrogen and oxygen atoms in total. The van der Waals surface area contributed by atoms with Crippen LogP contribution >= 0.6 is 15.9 Å². The zero-order valence-electron chi connectivity index (χ0n) is 9.74. The van der Waals surface area contributed by atoms with Gasteiger partial charge in [0.1, 0.15) is 5.75 Å². The Morgan fingerprint density at radius 1 is 1.28 bits per heavy atom. The van der Waals surface area contributed by atoms with Crippen molar-refractivity contribution in [3.05, 3.63) is 28.2 Å². The van der Waals surface area contributed by atoms with Gasteiger partial charge in [-0.1, -0.05) is 15.9 Å². The summed E-state index contributed by atoms with van der Waals surface area (Å²) >= 11 is 3.28. The van der Waals surface area contributed by atoms with Gasteiger partial charge < -0.3 is 10.4 Å². The van der Waals surface area contributed by atoms with Crippen molar-refractivity contribution in [2.75, 3.05) is 26.2 Å². The number of rotatable bonds is 3. The Bertz CT molecular complexity index is 411. The molecule has 1 fully saturated rings. The van der Waals surface area contributed by atoms with Crippen LogP contribution in [0, 0.1) is 0 Å². The normalized spacial score (nSPS) is 19.1. The fourth-order valence-electron chi connectivity index (χ4n) is 2.21. The summed E-state index contributed by atoms with van der Waals surface area (Å²) in [4.78, 5) is 1.75. The zero-order chi connectivity index (χ0) is 13.1. The lowest BCUT2D eigenvalue weighted by Gasteiger charge is -2.35. The number of alkyl halides is 2. The van der Waals surface area contributed by atoms with Crippen LogP contribution in [-0.2, 0) is 0 Å². The Balaban J connectivity index is 2.31. The highest BCUT2D eigenvalue weighted by molar-refractivity contribution is 9.10. The largest absolute Gasteiger partial charge is 0.508 e. The van der Waals surface area contributed by atoms with E-state index in [4.69, 9.17) is 0 Å². The lowest BCUT2D eigenvalue weighted by molar-refractivity contribution is 0.0177. The molecule has 0 amide bonds. The van der Waals surface area contributed by atoms with E-state index in [1.807, 2.05) is 0 Å². The second-order valence-corrected chi connectivity index (χ2v) is 5.13. The highest BCUT2D eigenvalue weighted by atomic mass is 79.9. The third-order valence-corrected chi connectivity index (χ3v) is 3.80. The van der Waals surface area contributed by atoms with Gasteiger partial charge in [-0.25, -0.2) is 8.78 Å². The van der Waals surface area contributed by atoms with Crippen molar-refractivity contribution in [2.45, 2.75) is 12.5 Å². The van der Waals surface area contributed by atoms with E-state index < -0.39 is 12.5 Å². The van der Waals surface area contributed by atoms with Gasteiger partial charge in [-0.05, 0) is 23.8 Å². The molecule has 6 heteroatoms. The molecule has 1 aliphatic heterocycles. The molecule has 0 aromatic heterocycles. The summed E-state index contributed by atoms with van der Waals surface area (Å²) in [6.07, 6.45) is -2.49. The second-order valence-electron chi connectivity index (χ2n) is 4.27. The van der Waals surface area contributed by atoms with Crippen LogP contribution in [0.4, 0.5) is 8.78 Å². The van der Waals surface area contributed by atoms with Gasteiger partial charge in [0.2, 0.25) is 0 Å². The molecule has 0 bridgehead atoms. The molecular weight excluding hydrogens is 306 g/mol. The fourth-order valence-corrected chi connectivity index (χ4v) is 2.69. The van der Waals surface area contributed by atoms with Crippen molar-refractivity contribution < 1.29 is 13.9 Å². The Morgan fingerprint density at radius 2 is 1.94 bits per heavy atom. The SMILES string of the molecule is Oc1ccc(Br)c([C@H](C(F)F)N2CCNCC2)c1. The maximum atomic E-state index is 13.3. The molecule has 1 saturated heterocycles. The second kappa shape index (κ2) is 5.95. The van der Waals surface area contributed by atoms with E-state index in [0.29, 0.717) is 36.2 Å². The zero-order valence-corrected chi connectivity index (χ0v) is 11.3. The fraction of sp³-hybridized carbons (Fsp3) is 0.500. The number of hydrogen-bond acceptors (Lipinski definition) is 3. The summed E-state index contributed by atoms with van der Waals surface area (Å²) in [5.74, 6) is 0.00832. The van der Waals surface area contributed by atoms with Crippen LogP contribution in [-0.4, -0.2) is 42.6 Å². The van der Waals surface area contributed by atoms with Crippen LogP contribution in [0.5, 0.6) is 5.75 Å². The summed E-state index contributed by atoms with van der Waals surface area (Å²) < 4.78 is 27.2. The highest BCUT2D eigenvalue weighted by Crippen LogP contribution is 2.34. The molecule has 0 spiro atoms. The number of hydrogen-bond donors (Lipinski definition) is 2. The number of piperazine rings is 1. The Kier molecular flexibility index (Phi) is 4.53. The molecule has 0 aliphatic carbocycles. The molecule has 1 aliphatic rings. The lowest BCUT2D eigenvalue weighted by atomic mass is 10.0. The molecule has 2 N–H and O–H groups in total. The van der Waals surface area contributed by atoms with Gasteiger partial charge in [-0.3, -0.25) is 4.90 Å². The third kappa shape index (κ3) is 2.99. The predicted octanol–water partition coefficient (Wildman–Crippen LogP) is 2.37. The molecule has 1 atom stereocenters. The van der Waals surface area contributed by atoms with E-state index >= 15 is 0 Å². The van der Waals surface area contributed by atoms with Gasteiger partial charge in [0.15, 0.2) is 0 Å². The third-order valence-electron chi connectivity index (χ3n) is 3.08. The molecule has 100 valence electrons. The molecule has 2 rings (SSSR count). The van der Waals surface area contributed by atoms with E-state index in [2.05, 4.69) is 21.2 Å². The van der Waals surface area contributed by atoms with Crippen LogP contribution < -0.4 is 5.32 Å². The number of nitrogens with one attached hydrogen (secondary N) is 1. The minimum absolute atomic E-state index is 0.00832. The van der Waals surface area contributed by atoms with E-state index in [0.717, 1.165) is 0 Å².